The minimum absolute atomic E-state index is 0.0563. The maximum Gasteiger partial charge on any atom is 0.234 e. The summed E-state index contributed by atoms with van der Waals surface area (Å²) in [6, 6.07) is 18.1. The van der Waals surface area contributed by atoms with E-state index < -0.39 is 0 Å². The molecule has 0 aliphatic heterocycles. The molecule has 1 amide bonds. The van der Waals surface area contributed by atoms with Crippen LogP contribution in [0.1, 0.15) is 17.3 Å². The molecule has 0 spiro atoms. The minimum atomic E-state index is -0.214. The highest BCUT2D eigenvalue weighted by molar-refractivity contribution is 7.99. The number of thioether (sulfide) groups is 1. The fourth-order valence-corrected chi connectivity index (χ4v) is 3.61. The number of hydrogen-bond acceptors (Lipinski definition) is 7. The van der Waals surface area contributed by atoms with Gasteiger partial charge in [-0.25, -0.2) is 0 Å². The van der Waals surface area contributed by atoms with Crippen molar-refractivity contribution in [2.24, 2.45) is 0 Å². The number of Topliss-reactive ketones (excluding diaryl/α,β-unsaturated/α-hetero) is 1. The fourth-order valence-electron chi connectivity index (χ4n) is 2.92. The van der Waals surface area contributed by atoms with Crippen LogP contribution in [-0.4, -0.2) is 44.4 Å². The molecule has 156 valence electrons. The molecule has 2 aromatic carbocycles. The first kappa shape index (κ1) is 20.5. The average Bonchev–Trinajstić information content (AvgIpc) is 3.20. The van der Waals surface area contributed by atoms with E-state index in [1.54, 1.807) is 35.9 Å². The van der Waals surface area contributed by atoms with Crippen molar-refractivity contribution in [1.82, 2.24) is 19.8 Å². The highest BCUT2D eigenvalue weighted by atomic mass is 32.2. The lowest BCUT2D eigenvalue weighted by atomic mass is 10.1. The maximum atomic E-state index is 12.4. The summed E-state index contributed by atoms with van der Waals surface area (Å²) < 4.78 is 6.81. The number of rotatable bonds is 7. The van der Waals surface area contributed by atoms with Crippen molar-refractivity contribution in [3.8, 4) is 17.0 Å². The van der Waals surface area contributed by atoms with Gasteiger partial charge in [-0.15, -0.1) is 10.2 Å². The van der Waals surface area contributed by atoms with E-state index in [-0.39, 0.29) is 17.4 Å². The Labute approximate surface area is 182 Å². The third-order valence-corrected chi connectivity index (χ3v) is 5.42. The number of benzene rings is 2. The van der Waals surface area contributed by atoms with Gasteiger partial charge in [-0.2, -0.15) is 9.61 Å². The van der Waals surface area contributed by atoms with Crippen LogP contribution in [0.4, 0.5) is 5.69 Å². The number of methoxy groups -OCH3 is 1. The molecule has 8 nitrogen and oxygen atoms in total. The Morgan fingerprint density at radius 1 is 1.06 bits per heavy atom. The van der Waals surface area contributed by atoms with Gasteiger partial charge < -0.3 is 10.1 Å². The van der Waals surface area contributed by atoms with Gasteiger partial charge in [-0.05, 0) is 55.5 Å². The molecule has 31 heavy (non-hydrogen) atoms. The van der Waals surface area contributed by atoms with Crippen molar-refractivity contribution in [3.63, 3.8) is 0 Å². The Hall–Kier alpha value is -3.72. The van der Waals surface area contributed by atoms with Crippen LogP contribution < -0.4 is 10.1 Å². The number of anilines is 1. The molecule has 0 atom stereocenters. The number of nitrogens with one attached hydrogen (secondary N) is 1. The zero-order valence-electron chi connectivity index (χ0n) is 16.9. The molecule has 0 unspecified atom stereocenters. The minimum Gasteiger partial charge on any atom is -0.497 e. The van der Waals surface area contributed by atoms with Crippen LogP contribution in [0.2, 0.25) is 0 Å². The number of aromatic nitrogens is 4. The molecule has 4 aromatic rings. The molecule has 0 saturated heterocycles. The molecule has 1 N–H and O–H groups in total. The molecule has 0 fully saturated rings. The topological polar surface area (TPSA) is 98.5 Å². The van der Waals surface area contributed by atoms with Crippen LogP contribution in [0.5, 0.6) is 5.75 Å². The van der Waals surface area contributed by atoms with Gasteiger partial charge in [-0.3, -0.25) is 9.59 Å². The van der Waals surface area contributed by atoms with E-state index in [2.05, 4.69) is 20.6 Å². The first-order valence-corrected chi connectivity index (χ1v) is 10.4. The van der Waals surface area contributed by atoms with Crippen LogP contribution in [-0.2, 0) is 4.79 Å². The standard InChI is InChI=1S/C22H19N5O3S/c1-14(28)16-4-3-5-17(12-16)23-21(29)13-31-22-25-24-20-11-10-19(26-27(20)22)15-6-8-18(30-2)9-7-15/h3-12H,13H2,1-2H3,(H,23,29). The normalized spacial score (nSPS) is 10.8. The van der Waals surface area contributed by atoms with Crippen molar-refractivity contribution in [1.29, 1.82) is 0 Å². The number of fused-ring (bicyclic) bond motifs is 1. The Balaban J connectivity index is 1.47. The molecule has 0 radical (unpaired) electrons. The third-order valence-electron chi connectivity index (χ3n) is 4.51. The highest BCUT2D eigenvalue weighted by Gasteiger charge is 2.12. The second-order valence-corrected chi connectivity index (χ2v) is 7.62. The van der Waals surface area contributed by atoms with Crippen LogP contribution in [0, 0.1) is 0 Å². The molecule has 0 aliphatic rings. The summed E-state index contributed by atoms with van der Waals surface area (Å²) >= 11 is 1.23. The summed E-state index contributed by atoms with van der Waals surface area (Å²) in [4.78, 5) is 23.9. The molecule has 2 heterocycles. The van der Waals surface area contributed by atoms with E-state index >= 15 is 0 Å². The summed E-state index contributed by atoms with van der Waals surface area (Å²) in [5.74, 6) is 0.623. The number of nitrogens with zero attached hydrogens (tertiary/aromatic N) is 4. The predicted molar refractivity (Wildman–Crippen MR) is 119 cm³/mol. The van der Waals surface area contributed by atoms with Crippen molar-refractivity contribution in [2.75, 3.05) is 18.2 Å². The van der Waals surface area contributed by atoms with Crippen molar-refractivity contribution >= 4 is 34.8 Å². The monoisotopic (exact) mass is 433 g/mol. The second kappa shape index (κ2) is 8.97. The Kier molecular flexibility index (Phi) is 5.94. The van der Waals surface area contributed by atoms with E-state index in [1.165, 1.54) is 18.7 Å². The van der Waals surface area contributed by atoms with Crippen molar-refractivity contribution < 1.29 is 14.3 Å². The first-order valence-electron chi connectivity index (χ1n) is 9.44. The van der Waals surface area contributed by atoms with Crippen LogP contribution in [0.25, 0.3) is 16.9 Å². The summed E-state index contributed by atoms with van der Waals surface area (Å²) in [7, 11) is 1.62. The third kappa shape index (κ3) is 4.72. The zero-order chi connectivity index (χ0) is 21.8. The molecular weight excluding hydrogens is 414 g/mol. The molecule has 0 saturated carbocycles. The molecule has 9 heteroatoms. The number of hydrogen-bond donors (Lipinski definition) is 1. The lowest BCUT2D eigenvalue weighted by molar-refractivity contribution is -0.113. The van der Waals surface area contributed by atoms with Gasteiger partial charge in [0.05, 0.1) is 18.6 Å². The summed E-state index contributed by atoms with van der Waals surface area (Å²) in [6.45, 7) is 1.49. The van der Waals surface area contributed by atoms with Gasteiger partial charge in [-0.1, -0.05) is 23.9 Å². The number of amides is 1. The number of ketones is 1. The van der Waals surface area contributed by atoms with Gasteiger partial charge in [0, 0.05) is 16.8 Å². The molecule has 2 aromatic heterocycles. The van der Waals surface area contributed by atoms with E-state index in [9.17, 15) is 9.59 Å². The summed E-state index contributed by atoms with van der Waals surface area (Å²) in [6.07, 6.45) is 0. The lowest BCUT2D eigenvalue weighted by Crippen LogP contribution is -2.14. The number of ether oxygens (including phenoxy) is 1. The van der Waals surface area contributed by atoms with Crippen LogP contribution in [0.3, 0.4) is 0 Å². The van der Waals surface area contributed by atoms with Crippen LogP contribution >= 0.6 is 11.8 Å². The average molecular weight is 433 g/mol. The van der Waals surface area contributed by atoms with Gasteiger partial charge >= 0.3 is 0 Å². The zero-order valence-corrected chi connectivity index (χ0v) is 17.7. The van der Waals surface area contributed by atoms with Gasteiger partial charge in [0.2, 0.25) is 11.1 Å². The Morgan fingerprint density at radius 3 is 2.61 bits per heavy atom. The van der Waals surface area contributed by atoms with Gasteiger partial charge in [0.1, 0.15) is 5.75 Å². The van der Waals surface area contributed by atoms with Gasteiger partial charge in [0.25, 0.3) is 0 Å². The van der Waals surface area contributed by atoms with Gasteiger partial charge in [0.15, 0.2) is 11.4 Å². The summed E-state index contributed by atoms with van der Waals surface area (Å²) in [5, 5.41) is 16.2. The Bertz CT molecular complexity index is 1250. The smallest absolute Gasteiger partial charge is 0.234 e. The highest BCUT2D eigenvalue weighted by Crippen LogP contribution is 2.23. The van der Waals surface area contributed by atoms with Crippen molar-refractivity contribution in [2.45, 2.75) is 12.1 Å². The van der Waals surface area contributed by atoms with E-state index in [0.29, 0.717) is 22.1 Å². The van der Waals surface area contributed by atoms with Crippen LogP contribution in [0.15, 0.2) is 65.8 Å². The molecule has 4 rings (SSSR count). The number of carbonyl (C=O) groups excluding carboxylic acids is 2. The quantitative estimate of drug-likeness (QED) is 0.350. The molecular formula is C22H19N5O3S. The maximum absolute atomic E-state index is 12.4. The predicted octanol–water partition coefficient (Wildman–Crippen LogP) is 3.73. The second-order valence-electron chi connectivity index (χ2n) is 6.67. The summed E-state index contributed by atoms with van der Waals surface area (Å²) in [5.41, 5.74) is 3.39. The van der Waals surface area contributed by atoms with E-state index in [0.717, 1.165) is 17.0 Å². The van der Waals surface area contributed by atoms with Crippen molar-refractivity contribution in [3.05, 3.63) is 66.2 Å². The SMILES string of the molecule is COc1ccc(-c2ccc3nnc(SCC(=O)Nc4cccc(C(C)=O)c4)n3n2)cc1. The fraction of sp³-hybridized carbons (Fsp3) is 0.136. The van der Waals surface area contributed by atoms with E-state index in [4.69, 9.17) is 4.74 Å². The van der Waals surface area contributed by atoms with E-state index in [1.807, 2.05) is 36.4 Å². The largest absolute Gasteiger partial charge is 0.497 e. The molecule has 0 bridgehead atoms. The lowest BCUT2D eigenvalue weighted by Gasteiger charge is -2.06. The Morgan fingerprint density at radius 2 is 1.87 bits per heavy atom. The number of carbonyl (C=O) groups is 2. The first-order chi connectivity index (χ1) is 15.0. The molecule has 0 aliphatic carbocycles.